The van der Waals surface area contributed by atoms with Gasteiger partial charge < -0.3 is 15.1 Å². The summed E-state index contributed by atoms with van der Waals surface area (Å²) in [6.45, 7) is 5.53. The molecule has 0 saturated heterocycles. The number of hydrogen-bond donors (Lipinski definition) is 2. The quantitative estimate of drug-likeness (QED) is 0.733. The van der Waals surface area contributed by atoms with Crippen LogP contribution in [0.15, 0.2) is 22.6 Å². The fraction of sp³-hybridized carbons (Fsp3) is 0.556. The van der Waals surface area contributed by atoms with Crippen LogP contribution in [-0.4, -0.2) is 48.8 Å². The zero-order chi connectivity index (χ0) is 20.2. The van der Waals surface area contributed by atoms with Gasteiger partial charge in [0.05, 0.1) is 6.54 Å². The third kappa shape index (κ3) is 6.74. The lowest BCUT2D eigenvalue weighted by atomic mass is 9.97. The molecule has 1 heterocycles. The summed E-state index contributed by atoms with van der Waals surface area (Å²) in [4.78, 5) is 17.5. The molecule has 0 bridgehead atoms. The molecule has 0 fully saturated rings. The van der Waals surface area contributed by atoms with E-state index in [2.05, 4.69) is 15.6 Å². The van der Waals surface area contributed by atoms with Crippen molar-refractivity contribution >= 4 is 22.8 Å². The fourth-order valence-electron chi connectivity index (χ4n) is 2.44. The maximum Gasteiger partial charge on any atom is 0.401 e. The lowest BCUT2D eigenvalue weighted by Crippen LogP contribution is -2.34. The Morgan fingerprint density at radius 2 is 1.96 bits per heavy atom. The molecule has 0 aliphatic heterocycles. The molecule has 0 saturated carbocycles. The fourth-order valence-corrected chi connectivity index (χ4v) is 2.44. The van der Waals surface area contributed by atoms with Crippen molar-refractivity contribution < 1.29 is 22.4 Å². The third-order valence-electron chi connectivity index (χ3n) is 3.74. The predicted octanol–water partition coefficient (Wildman–Crippen LogP) is 4.13. The average molecular weight is 386 g/mol. The SMILES string of the molecule is CN(CCCNC(=O)Nc1ccc2oc(C(C)(C)C)nc2c1)CC(F)(F)F. The second kappa shape index (κ2) is 8.16. The van der Waals surface area contributed by atoms with Crippen molar-refractivity contribution in [1.29, 1.82) is 0 Å². The molecule has 6 nitrogen and oxygen atoms in total. The zero-order valence-electron chi connectivity index (χ0n) is 15.9. The first kappa shape index (κ1) is 21.0. The molecule has 1 aromatic carbocycles. The molecule has 0 unspecified atom stereocenters. The Bertz CT molecular complexity index is 781. The normalized spacial score (nSPS) is 12.6. The van der Waals surface area contributed by atoms with E-state index < -0.39 is 18.8 Å². The van der Waals surface area contributed by atoms with E-state index in [9.17, 15) is 18.0 Å². The average Bonchev–Trinajstić information content (AvgIpc) is 2.93. The number of fused-ring (bicyclic) bond motifs is 1. The highest BCUT2D eigenvalue weighted by atomic mass is 19.4. The van der Waals surface area contributed by atoms with Crippen LogP contribution < -0.4 is 10.6 Å². The smallest absolute Gasteiger partial charge is 0.401 e. The van der Waals surface area contributed by atoms with Gasteiger partial charge >= 0.3 is 12.2 Å². The van der Waals surface area contributed by atoms with Crippen LogP contribution in [0.25, 0.3) is 11.1 Å². The second-order valence-electron chi connectivity index (χ2n) is 7.54. The molecule has 9 heteroatoms. The number of benzene rings is 1. The number of halogens is 3. The van der Waals surface area contributed by atoms with Crippen LogP contribution in [0.4, 0.5) is 23.7 Å². The maximum atomic E-state index is 12.2. The number of nitrogens with zero attached hydrogens (tertiary/aromatic N) is 2. The number of nitrogens with one attached hydrogen (secondary N) is 2. The molecule has 0 spiro atoms. The van der Waals surface area contributed by atoms with E-state index in [1.807, 2.05) is 20.8 Å². The van der Waals surface area contributed by atoms with E-state index in [0.717, 1.165) is 0 Å². The summed E-state index contributed by atoms with van der Waals surface area (Å²) >= 11 is 0. The number of oxazole rings is 1. The number of hydrogen-bond acceptors (Lipinski definition) is 4. The number of carbonyl (C=O) groups excluding carboxylic acids is 1. The Morgan fingerprint density at radius 1 is 1.26 bits per heavy atom. The summed E-state index contributed by atoms with van der Waals surface area (Å²) in [5.41, 5.74) is 1.62. The number of aromatic nitrogens is 1. The molecular weight excluding hydrogens is 361 g/mol. The largest absolute Gasteiger partial charge is 0.440 e. The highest BCUT2D eigenvalue weighted by molar-refractivity contribution is 5.91. The summed E-state index contributed by atoms with van der Waals surface area (Å²) in [6.07, 6.45) is -3.80. The number of alkyl halides is 3. The van der Waals surface area contributed by atoms with Crippen LogP contribution >= 0.6 is 0 Å². The van der Waals surface area contributed by atoms with Gasteiger partial charge in [0.2, 0.25) is 5.89 Å². The molecule has 2 rings (SSSR count). The van der Waals surface area contributed by atoms with E-state index in [1.54, 1.807) is 18.2 Å². The minimum Gasteiger partial charge on any atom is -0.440 e. The molecule has 150 valence electrons. The Labute approximate surface area is 156 Å². The summed E-state index contributed by atoms with van der Waals surface area (Å²) in [5, 5.41) is 5.31. The molecular formula is C18H25F3N4O2. The molecule has 0 radical (unpaired) electrons. The summed E-state index contributed by atoms with van der Waals surface area (Å²) in [6, 6.07) is 4.73. The maximum absolute atomic E-state index is 12.2. The molecule has 27 heavy (non-hydrogen) atoms. The van der Waals surface area contributed by atoms with E-state index in [1.165, 1.54) is 11.9 Å². The van der Waals surface area contributed by atoms with Crippen LogP contribution in [0.2, 0.25) is 0 Å². The van der Waals surface area contributed by atoms with Gasteiger partial charge in [0.1, 0.15) is 5.52 Å². The standard InChI is InChI=1S/C18H25F3N4O2/c1-17(2,3)15-24-13-10-12(6-7-14(13)27-15)23-16(26)22-8-5-9-25(4)11-18(19,20)21/h6-7,10H,5,8-9,11H2,1-4H3,(H2,22,23,26). The topological polar surface area (TPSA) is 70.4 Å². The van der Waals surface area contributed by atoms with Crippen LogP contribution in [-0.2, 0) is 5.41 Å². The molecule has 2 N–H and O–H groups in total. The van der Waals surface area contributed by atoms with Gasteiger partial charge in [-0.1, -0.05) is 20.8 Å². The van der Waals surface area contributed by atoms with Crippen molar-refractivity contribution in [2.75, 3.05) is 32.0 Å². The Morgan fingerprint density at radius 3 is 2.59 bits per heavy atom. The second-order valence-corrected chi connectivity index (χ2v) is 7.54. The lowest BCUT2D eigenvalue weighted by Gasteiger charge is -2.18. The van der Waals surface area contributed by atoms with Crippen molar-refractivity contribution in [3.8, 4) is 0 Å². The van der Waals surface area contributed by atoms with E-state index in [-0.39, 0.29) is 18.5 Å². The monoisotopic (exact) mass is 386 g/mol. The van der Waals surface area contributed by atoms with Crippen LogP contribution in [0, 0.1) is 0 Å². The zero-order valence-corrected chi connectivity index (χ0v) is 15.9. The molecule has 1 aromatic heterocycles. The van der Waals surface area contributed by atoms with Gasteiger partial charge in [-0.3, -0.25) is 4.90 Å². The number of amides is 2. The minimum atomic E-state index is -4.22. The van der Waals surface area contributed by atoms with Crippen molar-refractivity contribution in [3.05, 3.63) is 24.1 Å². The first-order valence-corrected chi connectivity index (χ1v) is 8.65. The minimum absolute atomic E-state index is 0.219. The van der Waals surface area contributed by atoms with Crippen molar-refractivity contribution in [2.24, 2.45) is 0 Å². The van der Waals surface area contributed by atoms with Gasteiger partial charge in [0.25, 0.3) is 0 Å². The van der Waals surface area contributed by atoms with E-state index in [0.29, 0.717) is 29.1 Å². The highest BCUT2D eigenvalue weighted by Crippen LogP contribution is 2.27. The highest BCUT2D eigenvalue weighted by Gasteiger charge is 2.28. The first-order valence-electron chi connectivity index (χ1n) is 8.65. The van der Waals surface area contributed by atoms with Crippen molar-refractivity contribution in [3.63, 3.8) is 0 Å². The van der Waals surface area contributed by atoms with Crippen LogP contribution in [0.3, 0.4) is 0 Å². The summed E-state index contributed by atoms with van der Waals surface area (Å²) in [5.74, 6) is 0.613. The van der Waals surface area contributed by atoms with Gasteiger partial charge in [-0.25, -0.2) is 9.78 Å². The number of carbonyl (C=O) groups is 1. The first-order chi connectivity index (χ1) is 12.4. The molecule has 0 aliphatic rings. The molecule has 0 atom stereocenters. The van der Waals surface area contributed by atoms with Gasteiger partial charge in [-0.2, -0.15) is 13.2 Å². The summed E-state index contributed by atoms with van der Waals surface area (Å²) in [7, 11) is 1.40. The number of anilines is 1. The van der Waals surface area contributed by atoms with Gasteiger partial charge in [0.15, 0.2) is 5.58 Å². The van der Waals surface area contributed by atoms with Crippen molar-refractivity contribution in [2.45, 2.75) is 38.8 Å². The van der Waals surface area contributed by atoms with Crippen molar-refractivity contribution in [1.82, 2.24) is 15.2 Å². The Hall–Kier alpha value is -2.29. The van der Waals surface area contributed by atoms with Gasteiger partial charge in [-0.05, 0) is 38.2 Å². The van der Waals surface area contributed by atoms with Gasteiger partial charge in [-0.15, -0.1) is 0 Å². The van der Waals surface area contributed by atoms with Crippen LogP contribution in [0.1, 0.15) is 33.1 Å². The van der Waals surface area contributed by atoms with E-state index >= 15 is 0 Å². The van der Waals surface area contributed by atoms with Gasteiger partial charge in [0, 0.05) is 17.6 Å². The number of rotatable bonds is 6. The van der Waals surface area contributed by atoms with Crippen LogP contribution in [0.5, 0.6) is 0 Å². The Kier molecular flexibility index (Phi) is 6.35. The molecule has 2 aromatic rings. The lowest BCUT2D eigenvalue weighted by molar-refractivity contribution is -0.143. The summed E-state index contributed by atoms with van der Waals surface area (Å²) < 4.78 is 42.4. The molecule has 2 amide bonds. The predicted molar refractivity (Wildman–Crippen MR) is 97.9 cm³/mol. The molecule has 0 aliphatic carbocycles. The van der Waals surface area contributed by atoms with E-state index in [4.69, 9.17) is 4.42 Å². The Balaban J connectivity index is 1.82. The number of urea groups is 1. The third-order valence-corrected chi connectivity index (χ3v) is 3.74.